The van der Waals surface area contributed by atoms with E-state index in [0.717, 1.165) is 0 Å². The predicted octanol–water partition coefficient (Wildman–Crippen LogP) is 12.6. The second-order valence-electron chi connectivity index (χ2n) is 25.0. The molecule has 0 radical (unpaired) electrons. The molecular formula is C83H67Cl3FNO24. The minimum absolute atomic E-state index is 0.0145. The van der Waals surface area contributed by atoms with Crippen molar-refractivity contribution in [3.8, 4) is 0 Å². The van der Waals surface area contributed by atoms with Crippen LogP contribution in [0.1, 0.15) is 93.2 Å². The van der Waals surface area contributed by atoms with E-state index in [1.165, 1.54) is 206 Å². The summed E-state index contributed by atoms with van der Waals surface area (Å²) in [6, 6.07) is 66.1. The fraction of sp³-hybridized carbons (Fsp3) is 0.229. The molecular weight excluding hydrogens is 1520 g/mol. The third-order valence-electron chi connectivity index (χ3n) is 17.5. The van der Waals surface area contributed by atoms with E-state index in [4.69, 9.17) is 111 Å². The van der Waals surface area contributed by atoms with Gasteiger partial charge in [0.05, 0.1) is 50.1 Å². The fourth-order valence-corrected chi connectivity index (χ4v) is 12.2. The molecule has 9 aromatic rings. The van der Waals surface area contributed by atoms with Gasteiger partial charge in [0.2, 0.25) is 12.2 Å². The van der Waals surface area contributed by atoms with Gasteiger partial charge in [0.25, 0.3) is 3.79 Å². The maximum Gasteiger partial charge on any atom is 0.338 e. The van der Waals surface area contributed by atoms with Crippen molar-refractivity contribution in [2.24, 2.45) is 0 Å². The van der Waals surface area contributed by atoms with Crippen molar-refractivity contribution >= 4 is 94.4 Å². The zero-order chi connectivity index (χ0) is 78.7. The summed E-state index contributed by atoms with van der Waals surface area (Å²) < 4.78 is 111. The molecule has 112 heavy (non-hydrogen) atoms. The van der Waals surface area contributed by atoms with Gasteiger partial charge in [-0.25, -0.2) is 47.5 Å². The number of alkyl halides is 4. The minimum atomic E-state index is -2.80. The lowest BCUT2D eigenvalue weighted by molar-refractivity contribution is -0.387. The van der Waals surface area contributed by atoms with Gasteiger partial charge < -0.3 is 71.1 Å². The van der Waals surface area contributed by atoms with Gasteiger partial charge in [-0.1, -0.05) is 199 Å². The Hall–Kier alpha value is -11.7. The molecule has 0 saturated carbocycles. The Morgan fingerprint density at radius 1 is 0.277 bits per heavy atom. The van der Waals surface area contributed by atoms with E-state index < -0.39 is 175 Å². The molecule has 3 aliphatic rings. The van der Waals surface area contributed by atoms with Crippen LogP contribution in [0.3, 0.4) is 0 Å². The van der Waals surface area contributed by atoms with Crippen molar-refractivity contribution < 1.29 is 119 Å². The van der Waals surface area contributed by atoms with Crippen LogP contribution in [0.5, 0.6) is 0 Å². The molecule has 29 heteroatoms. The van der Waals surface area contributed by atoms with Crippen molar-refractivity contribution in [2.45, 2.75) is 95.9 Å². The molecule has 1 N–H and O–H groups in total. The minimum Gasteiger partial charge on any atom is -0.459 e. The summed E-state index contributed by atoms with van der Waals surface area (Å²) in [5.74, 6) is -11.4. The van der Waals surface area contributed by atoms with Crippen LogP contribution in [0.2, 0.25) is 0 Å². The zero-order valence-electron chi connectivity index (χ0n) is 58.6. The second-order valence-corrected chi connectivity index (χ2v) is 27.3. The van der Waals surface area contributed by atoms with Gasteiger partial charge in [-0.3, -0.25) is 5.41 Å². The molecule has 0 aromatic heterocycles. The molecule has 0 spiro atoms. The Morgan fingerprint density at radius 2 is 0.482 bits per heavy atom. The highest BCUT2D eigenvalue weighted by molar-refractivity contribution is 6.76. The van der Waals surface area contributed by atoms with E-state index in [-0.39, 0.29) is 50.1 Å². The Morgan fingerprint density at radius 3 is 0.750 bits per heavy atom. The second kappa shape index (κ2) is 37.8. The van der Waals surface area contributed by atoms with Crippen molar-refractivity contribution in [1.82, 2.24) is 0 Å². The molecule has 9 aromatic carbocycles. The Kier molecular flexibility index (Phi) is 26.9. The molecule has 3 fully saturated rings. The Bertz CT molecular complexity index is 4710. The summed E-state index contributed by atoms with van der Waals surface area (Å²) in [7, 11) is 0. The van der Waals surface area contributed by atoms with E-state index >= 15 is 14.0 Å². The number of hydrogen-bond donors (Lipinski definition) is 1. The van der Waals surface area contributed by atoms with Crippen molar-refractivity contribution in [3.63, 3.8) is 0 Å². The number of benzene rings is 9. The Labute approximate surface area is 653 Å². The van der Waals surface area contributed by atoms with Gasteiger partial charge in [-0.15, -0.1) is 0 Å². The van der Waals surface area contributed by atoms with Gasteiger partial charge in [0.1, 0.15) is 38.2 Å². The first-order valence-electron chi connectivity index (χ1n) is 34.7. The van der Waals surface area contributed by atoms with Crippen LogP contribution >= 0.6 is 34.8 Å². The molecule has 0 aliphatic carbocycles. The summed E-state index contributed by atoms with van der Waals surface area (Å²) in [6.45, 7) is -3.52. The molecule has 3 saturated heterocycles. The lowest BCUT2D eigenvalue weighted by Gasteiger charge is -2.50. The number of nitrogens with one attached hydrogen (secondary N) is 1. The van der Waals surface area contributed by atoms with Gasteiger partial charge in [0, 0.05) is 0 Å². The highest BCUT2D eigenvalue weighted by atomic mass is 35.6. The number of carbonyl (C=O) groups is 9. The number of ether oxygens (including phenoxy) is 15. The average molecular weight is 1590 g/mol. The molecule has 576 valence electrons. The first-order valence-corrected chi connectivity index (χ1v) is 35.8. The van der Waals surface area contributed by atoms with E-state index in [1.807, 2.05) is 0 Å². The highest BCUT2D eigenvalue weighted by Crippen LogP contribution is 2.41. The van der Waals surface area contributed by atoms with Crippen LogP contribution in [0, 0.1) is 5.41 Å². The summed E-state index contributed by atoms with van der Waals surface area (Å²) in [5, 5.41) is 9.12. The maximum atomic E-state index is 16.7. The first kappa shape index (κ1) is 79.8. The van der Waals surface area contributed by atoms with Crippen LogP contribution < -0.4 is 0 Å². The monoisotopic (exact) mass is 1590 g/mol. The number of carbonyl (C=O) groups excluding carboxylic acids is 9. The summed E-state index contributed by atoms with van der Waals surface area (Å²) in [4.78, 5) is 133. The zero-order valence-corrected chi connectivity index (χ0v) is 60.8. The number of halogens is 4. The van der Waals surface area contributed by atoms with E-state index in [9.17, 15) is 33.6 Å². The fourth-order valence-electron chi connectivity index (χ4n) is 12.1. The highest BCUT2D eigenvalue weighted by Gasteiger charge is 2.62. The molecule has 25 nitrogen and oxygen atoms in total. The van der Waals surface area contributed by atoms with Crippen molar-refractivity contribution in [3.05, 3.63) is 323 Å². The van der Waals surface area contributed by atoms with Gasteiger partial charge in [-0.05, 0) is 109 Å². The Balaban J connectivity index is 1.08. The van der Waals surface area contributed by atoms with Crippen molar-refractivity contribution in [2.75, 3.05) is 19.9 Å². The average Bonchev–Trinajstić information content (AvgIpc) is 0.774. The van der Waals surface area contributed by atoms with E-state index in [1.54, 1.807) is 66.7 Å². The maximum absolute atomic E-state index is 16.7. The van der Waals surface area contributed by atoms with Crippen LogP contribution in [-0.2, 0) is 71.1 Å². The molecule has 3 aliphatic heterocycles. The molecule has 3 heterocycles. The predicted molar refractivity (Wildman–Crippen MR) is 394 cm³/mol. The SMILES string of the molecule is N=C(O[C@H]1O[C@H](COC(=O)c2ccccc2)[C@@H](OC(=O)c2ccccc2)[C@H](OC(=O)c2ccccc2)[C@@H]1O[C@H]1O[C@H](COC(=O)c2ccccc2)[C@@H](OC(=O)c2ccccc2)[C@H](OC(=O)c2ccccc2)[C@@H]1O[C@H]1O[C@H](CF)[C@@H](OC(=O)c2ccccc2)[C@H](OC(=O)c2ccccc2)[C@@H]1OC(=O)c1ccccc1)C(Cl)(Cl)Cl. The van der Waals surface area contributed by atoms with Gasteiger partial charge in [0.15, 0.2) is 67.5 Å². The molecule has 12 rings (SSSR count). The van der Waals surface area contributed by atoms with Crippen LogP contribution in [0.25, 0.3) is 0 Å². The molecule has 0 bridgehead atoms. The summed E-state index contributed by atoms with van der Waals surface area (Å²) in [6.07, 6.45) is -33.6. The van der Waals surface area contributed by atoms with Crippen LogP contribution in [0.4, 0.5) is 4.39 Å². The number of hydrogen-bond acceptors (Lipinski definition) is 25. The lowest BCUT2D eigenvalue weighted by atomic mass is 9.95. The smallest absolute Gasteiger partial charge is 0.338 e. The number of esters is 9. The standard InChI is InChI=1S/C83H67Cl3FNO24/c84-83(85,86)82(88)112-81-69(66(108-77(96)56-42-24-8-25-43-56)63(105-74(93)53-36-18-5-19-37-53)60(102-81)48-99-71(90)50-30-12-2-13-31-50)111-80-68(65(107-76(95)55-40-22-7-23-41-55)62(104-73(92)52-34-16-4-17-35-52)59(101-80)47-98-70(89)49-28-10-1-11-29-49)110-79-67(109-78(97)57-44-26-9-27-45-57)64(106-75(94)54-38-20-6-21-39-54)61(58(46-87)100-79)103-72(91)51-32-14-3-15-33-51/h1-45,58-69,79-81,88H,46-48H2/t58-,59-,60-,61-,62-,63-,64+,65+,66+,67+,68+,69+,79-,80-,81-/m1/s1. The first-order chi connectivity index (χ1) is 54.3. The largest absolute Gasteiger partial charge is 0.459 e. The normalized spacial score (nSPS) is 23.3. The third kappa shape index (κ3) is 20.3. The van der Waals surface area contributed by atoms with Crippen LogP contribution in [0.15, 0.2) is 273 Å². The number of rotatable bonds is 26. The van der Waals surface area contributed by atoms with Gasteiger partial charge in [-0.2, -0.15) is 0 Å². The van der Waals surface area contributed by atoms with Crippen molar-refractivity contribution in [1.29, 1.82) is 5.41 Å². The van der Waals surface area contributed by atoms with E-state index in [0.29, 0.717) is 0 Å². The van der Waals surface area contributed by atoms with Crippen LogP contribution in [-0.4, -0.2) is 175 Å². The van der Waals surface area contributed by atoms with Gasteiger partial charge >= 0.3 is 53.7 Å². The summed E-state index contributed by atoms with van der Waals surface area (Å²) in [5.41, 5.74) is -0.940. The third-order valence-corrected chi connectivity index (χ3v) is 18.1. The van der Waals surface area contributed by atoms with E-state index in [2.05, 4.69) is 0 Å². The summed E-state index contributed by atoms with van der Waals surface area (Å²) >= 11 is 19.2. The lowest BCUT2D eigenvalue weighted by Crippen LogP contribution is -2.69. The quantitative estimate of drug-likeness (QED) is 0.0173. The molecule has 15 atom stereocenters. The molecule has 0 unspecified atom stereocenters. The topological polar surface area (TPSA) is 316 Å². The molecule has 0 amide bonds.